The monoisotopic (exact) mass is 205 g/mol. The Kier molecular flexibility index (Phi) is 2.18. The number of hydrogen-bond donors (Lipinski definition) is 1. The van der Waals surface area contributed by atoms with Gasteiger partial charge in [0.1, 0.15) is 11.4 Å². The van der Waals surface area contributed by atoms with Crippen molar-refractivity contribution in [2.24, 2.45) is 0 Å². The van der Waals surface area contributed by atoms with Gasteiger partial charge in [-0.15, -0.1) is 0 Å². The number of ether oxygens (including phenoxy) is 1. The van der Waals surface area contributed by atoms with Gasteiger partial charge in [0.15, 0.2) is 0 Å². The maximum absolute atomic E-state index is 11.6. The predicted octanol–water partition coefficient (Wildman–Crippen LogP) is 1.76. The minimum atomic E-state index is -0.202. The summed E-state index contributed by atoms with van der Waals surface area (Å²) in [6, 6.07) is 5.70. The summed E-state index contributed by atoms with van der Waals surface area (Å²) in [4.78, 5) is 11.6. The van der Waals surface area contributed by atoms with Gasteiger partial charge in [0, 0.05) is 13.5 Å². The summed E-state index contributed by atoms with van der Waals surface area (Å²) in [6.07, 6.45) is 0.854. The van der Waals surface area contributed by atoms with E-state index in [9.17, 15) is 4.79 Å². The number of benzene rings is 1. The number of nitrogens with one attached hydrogen (secondary N) is 1. The van der Waals surface area contributed by atoms with Crippen LogP contribution in [0.25, 0.3) is 0 Å². The molecule has 1 N–H and O–H groups in total. The highest BCUT2D eigenvalue weighted by Crippen LogP contribution is 2.37. The van der Waals surface area contributed by atoms with Crippen LogP contribution in [-0.4, -0.2) is 18.6 Å². The molecule has 0 bridgehead atoms. The molecule has 1 aliphatic rings. The summed E-state index contributed by atoms with van der Waals surface area (Å²) in [5.74, 6) is 0.645. The molecule has 2 rings (SSSR count). The first-order valence-electron chi connectivity index (χ1n) is 5.06. The van der Waals surface area contributed by atoms with Crippen LogP contribution in [0, 0.1) is 0 Å². The summed E-state index contributed by atoms with van der Waals surface area (Å²) < 4.78 is 5.79. The number of carbonyl (C=O) groups excluding carboxylic acids is 1. The van der Waals surface area contributed by atoms with E-state index in [1.165, 1.54) is 0 Å². The molecule has 0 fully saturated rings. The first kappa shape index (κ1) is 10.0. The van der Waals surface area contributed by atoms with Crippen molar-refractivity contribution in [1.82, 2.24) is 5.32 Å². The van der Waals surface area contributed by atoms with Crippen LogP contribution in [0.4, 0.5) is 0 Å². The summed E-state index contributed by atoms with van der Waals surface area (Å²) in [5.41, 5.74) is 1.54. The zero-order valence-corrected chi connectivity index (χ0v) is 9.26. The smallest absolute Gasteiger partial charge is 0.254 e. The summed E-state index contributed by atoms with van der Waals surface area (Å²) >= 11 is 0. The highest BCUT2D eigenvalue weighted by molar-refractivity contribution is 5.97. The Morgan fingerprint density at radius 3 is 2.87 bits per heavy atom. The lowest BCUT2D eigenvalue weighted by Gasteiger charge is -2.17. The molecule has 3 heteroatoms. The molecule has 80 valence electrons. The molecule has 0 atom stereocenters. The topological polar surface area (TPSA) is 38.3 Å². The second kappa shape index (κ2) is 3.26. The molecule has 15 heavy (non-hydrogen) atoms. The van der Waals surface area contributed by atoms with Crippen molar-refractivity contribution in [3.8, 4) is 5.75 Å². The minimum absolute atomic E-state index is 0.0930. The first-order valence-corrected chi connectivity index (χ1v) is 5.06. The number of hydrogen-bond acceptors (Lipinski definition) is 2. The number of amides is 1. The van der Waals surface area contributed by atoms with E-state index in [0.29, 0.717) is 5.56 Å². The van der Waals surface area contributed by atoms with E-state index in [1.807, 2.05) is 26.0 Å². The minimum Gasteiger partial charge on any atom is -0.486 e. The van der Waals surface area contributed by atoms with Crippen LogP contribution < -0.4 is 10.1 Å². The Morgan fingerprint density at radius 1 is 1.47 bits per heavy atom. The van der Waals surface area contributed by atoms with Gasteiger partial charge in [-0.25, -0.2) is 0 Å². The van der Waals surface area contributed by atoms with Gasteiger partial charge in [0.2, 0.25) is 0 Å². The van der Waals surface area contributed by atoms with Crippen molar-refractivity contribution in [1.29, 1.82) is 0 Å². The van der Waals surface area contributed by atoms with Crippen LogP contribution in [0.15, 0.2) is 18.2 Å². The molecule has 1 aromatic rings. The van der Waals surface area contributed by atoms with E-state index >= 15 is 0 Å². The molecule has 0 radical (unpaired) electrons. The lowest BCUT2D eigenvalue weighted by atomic mass is 10.0. The fourth-order valence-corrected chi connectivity index (χ4v) is 1.93. The summed E-state index contributed by atoms with van der Waals surface area (Å²) in [5, 5.41) is 2.62. The molecule has 0 aromatic heterocycles. The van der Waals surface area contributed by atoms with Gasteiger partial charge in [-0.2, -0.15) is 0 Å². The Morgan fingerprint density at radius 2 is 2.20 bits per heavy atom. The van der Waals surface area contributed by atoms with Gasteiger partial charge in [-0.1, -0.05) is 12.1 Å². The van der Waals surface area contributed by atoms with Crippen LogP contribution in [0.2, 0.25) is 0 Å². The van der Waals surface area contributed by atoms with Crippen LogP contribution >= 0.6 is 0 Å². The number of fused-ring (bicyclic) bond motifs is 1. The van der Waals surface area contributed by atoms with Gasteiger partial charge in [0.25, 0.3) is 5.91 Å². The summed E-state index contributed by atoms with van der Waals surface area (Å²) in [6.45, 7) is 4.06. The van der Waals surface area contributed by atoms with Crippen LogP contribution in [0.1, 0.15) is 29.8 Å². The molecule has 3 nitrogen and oxygen atoms in total. The molecule has 0 saturated heterocycles. The fraction of sp³-hybridized carbons (Fsp3) is 0.417. The zero-order chi connectivity index (χ0) is 11.1. The lowest BCUT2D eigenvalue weighted by molar-refractivity contribution is 0.0949. The van der Waals surface area contributed by atoms with E-state index in [1.54, 1.807) is 13.1 Å². The fourth-order valence-electron chi connectivity index (χ4n) is 1.93. The Balaban J connectivity index is 2.46. The second-order valence-corrected chi connectivity index (χ2v) is 4.41. The van der Waals surface area contributed by atoms with Crippen molar-refractivity contribution >= 4 is 5.91 Å². The van der Waals surface area contributed by atoms with E-state index in [-0.39, 0.29) is 11.5 Å². The van der Waals surface area contributed by atoms with E-state index in [2.05, 4.69) is 5.32 Å². The molecule has 1 aromatic carbocycles. The molecular weight excluding hydrogens is 190 g/mol. The normalized spacial score (nSPS) is 16.7. The standard InChI is InChI=1S/C12H15NO2/c1-12(2)7-8-5-4-6-9(10(8)15-12)11(14)13-3/h4-6H,7H2,1-3H3,(H,13,14). The van der Waals surface area contributed by atoms with Gasteiger partial charge in [0.05, 0.1) is 5.56 Å². The van der Waals surface area contributed by atoms with Crippen LogP contribution in [0.3, 0.4) is 0 Å². The lowest BCUT2D eigenvalue weighted by Crippen LogP contribution is -2.25. The van der Waals surface area contributed by atoms with Gasteiger partial charge in [-0.05, 0) is 25.5 Å². The molecular formula is C12H15NO2. The zero-order valence-electron chi connectivity index (χ0n) is 9.26. The van der Waals surface area contributed by atoms with Crippen molar-refractivity contribution in [2.45, 2.75) is 25.9 Å². The Bertz CT molecular complexity index is 410. The average Bonchev–Trinajstić information content (AvgIpc) is 2.49. The molecule has 0 unspecified atom stereocenters. The first-order chi connectivity index (χ1) is 7.03. The highest BCUT2D eigenvalue weighted by Gasteiger charge is 2.32. The summed E-state index contributed by atoms with van der Waals surface area (Å²) in [7, 11) is 1.63. The van der Waals surface area contributed by atoms with E-state index < -0.39 is 0 Å². The molecule has 1 heterocycles. The van der Waals surface area contributed by atoms with Crippen molar-refractivity contribution in [3.63, 3.8) is 0 Å². The highest BCUT2D eigenvalue weighted by atomic mass is 16.5. The third-order valence-electron chi connectivity index (χ3n) is 2.56. The van der Waals surface area contributed by atoms with Gasteiger partial charge in [-0.3, -0.25) is 4.79 Å². The van der Waals surface area contributed by atoms with Crippen LogP contribution in [-0.2, 0) is 6.42 Å². The molecule has 0 aliphatic carbocycles. The number of para-hydroxylation sites is 1. The third-order valence-corrected chi connectivity index (χ3v) is 2.56. The number of carbonyl (C=O) groups is 1. The maximum atomic E-state index is 11.6. The third kappa shape index (κ3) is 1.69. The van der Waals surface area contributed by atoms with Gasteiger partial charge >= 0.3 is 0 Å². The predicted molar refractivity (Wildman–Crippen MR) is 58.2 cm³/mol. The molecule has 0 saturated carbocycles. The average molecular weight is 205 g/mol. The molecule has 1 amide bonds. The Labute approximate surface area is 89.4 Å². The van der Waals surface area contributed by atoms with E-state index in [0.717, 1.165) is 17.7 Å². The Hall–Kier alpha value is -1.51. The SMILES string of the molecule is CNC(=O)c1cccc2c1OC(C)(C)C2. The van der Waals surface area contributed by atoms with E-state index in [4.69, 9.17) is 4.74 Å². The molecule has 1 aliphatic heterocycles. The quantitative estimate of drug-likeness (QED) is 0.758. The van der Waals surface area contributed by atoms with Crippen molar-refractivity contribution < 1.29 is 9.53 Å². The number of rotatable bonds is 1. The van der Waals surface area contributed by atoms with Crippen LogP contribution in [0.5, 0.6) is 5.75 Å². The van der Waals surface area contributed by atoms with Crippen molar-refractivity contribution in [2.75, 3.05) is 7.05 Å². The van der Waals surface area contributed by atoms with Crippen molar-refractivity contribution in [3.05, 3.63) is 29.3 Å². The van der Waals surface area contributed by atoms with Gasteiger partial charge < -0.3 is 10.1 Å². The maximum Gasteiger partial charge on any atom is 0.254 e. The molecule has 0 spiro atoms. The largest absolute Gasteiger partial charge is 0.486 e. The second-order valence-electron chi connectivity index (χ2n) is 4.41.